The number of rotatable bonds is 3. The highest BCUT2D eigenvalue weighted by Gasteiger charge is 2.42. The van der Waals surface area contributed by atoms with E-state index < -0.39 is 0 Å². The van der Waals surface area contributed by atoms with Crippen molar-refractivity contribution in [2.45, 2.75) is 44.9 Å². The lowest BCUT2D eigenvalue weighted by atomic mass is 9.71. The molecule has 0 bridgehead atoms. The summed E-state index contributed by atoms with van der Waals surface area (Å²) in [5, 5.41) is 0. The lowest BCUT2D eigenvalue weighted by molar-refractivity contribution is -0.140. The fourth-order valence-electron chi connectivity index (χ4n) is 4.61. The number of nitrogens with zero attached hydrogens (tertiary/aromatic N) is 2. The molecule has 4 nitrogen and oxygen atoms in total. The van der Waals surface area contributed by atoms with Crippen LogP contribution in [-0.2, 0) is 4.79 Å². The van der Waals surface area contributed by atoms with Crippen molar-refractivity contribution < 1.29 is 9.59 Å². The highest BCUT2D eigenvalue weighted by atomic mass is 16.2. The van der Waals surface area contributed by atoms with Gasteiger partial charge in [-0.05, 0) is 55.6 Å². The highest BCUT2D eigenvalue weighted by molar-refractivity contribution is 5.94. The van der Waals surface area contributed by atoms with Gasteiger partial charge in [-0.25, -0.2) is 0 Å². The molecule has 2 heterocycles. The molecule has 0 atom stereocenters. The SMILES string of the molecule is O=C1CCC2(CCN(C(=O)c3ccccc3)CC2)CN1CC1CCC1. The monoisotopic (exact) mass is 340 g/mol. The molecule has 1 aromatic carbocycles. The Morgan fingerprint density at radius 3 is 2.44 bits per heavy atom. The number of hydrogen-bond acceptors (Lipinski definition) is 2. The van der Waals surface area contributed by atoms with E-state index in [1.165, 1.54) is 19.3 Å². The molecule has 2 amide bonds. The first-order chi connectivity index (χ1) is 12.2. The molecule has 1 aliphatic carbocycles. The van der Waals surface area contributed by atoms with Gasteiger partial charge in [0, 0.05) is 38.2 Å². The minimum absolute atomic E-state index is 0.147. The van der Waals surface area contributed by atoms with E-state index in [0.717, 1.165) is 56.9 Å². The van der Waals surface area contributed by atoms with Gasteiger partial charge in [0.05, 0.1) is 0 Å². The summed E-state index contributed by atoms with van der Waals surface area (Å²) in [6, 6.07) is 9.57. The second-order valence-electron chi connectivity index (χ2n) is 8.23. The summed E-state index contributed by atoms with van der Waals surface area (Å²) >= 11 is 0. The van der Waals surface area contributed by atoms with Gasteiger partial charge in [0.25, 0.3) is 5.91 Å². The van der Waals surface area contributed by atoms with Crippen LogP contribution in [0.2, 0.25) is 0 Å². The van der Waals surface area contributed by atoms with Crippen molar-refractivity contribution in [2.75, 3.05) is 26.2 Å². The molecule has 134 valence electrons. The summed E-state index contributed by atoms with van der Waals surface area (Å²) in [6.45, 7) is 3.52. The predicted octanol–water partition coefficient (Wildman–Crippen LogP) is 3.33. The zero-order valence-corrected chi connectivity index (χ0v) is 15.0. The molecule has 2 saturated heterocycles. The zero-order chi connectivity index (χ0) is 17.3. The van der Waals surface area contributed by atoms with E-state index in [4.69, 9.17) is 0 Å². The van der Waals surface area contributed by atoms with Gasteiger partial charge in [-0.1, -0.05) is 24.6 Å². The molecule has 25 heavy (non-hydrogen) atoms. The van der Waals surface area contributed by atoms with Gasteiger partial charge < -0.3 is 9.80 Å². The maximum Gasteiger partial charge on any atom is 0.253 e. The highest BCUT2D eigenvalue weighted by Crippen LogP contribution is 2.41. The van der Waals surface area contributed by atoms with Crippen LogP contribution in [0.5, 0.6) is 0 Å². The summed E-state index contributed by atoms with van der Waals surface area (Å²) in [7, 11) is 0. The average Bonchev–Trinajstić information content (AvgIpc) is 2.62. The maximum absolute atomic E-state index is 12.6. The molecule has 1 spiro atoms. The fraction of sp³-hybridized carbons (Fsp3) is 0.619. The lowest BCUT2D eigenvalue weighted by Crippen LogP contribution is -2.53. The molecule has 0 N–H and O–H groups in total. The number of amides is 2. The molecule has 3 fully saturated rings. The molecule has 0 unspecified atom stereocenters. The number of likely N-dealkylation sites (tertiary alicyclic amines) is 2. The van der Waals surface area contributed by atoms with Crippen molar-refractivity contribution in [2.24, 2.45) is 11.3 Å². The topological polar surface area (TPSA) is 40.6 Å². The van der Waals surface area contributed by atoms with Crippen LogP contribution in [0.25, 0.3) is 0 Å². The quantitative estimate of drug-likeness (QED) is 0.847. The summed E-state index contributed by atoms with van der Waals surface area (Å²) in [5.74, 6) is 1.23. The molecule has 3 aliphatic rings. The van der Waals surface area contributed by atoms with E-state index >= 15 is 0 Å². The molecule has 0 radical (unpaired) electrons. The second kappa shape index (κ2) is 6.81. The third-order valence-corrected chi connectivity index (χ3v) is 6.58. The van der Waals surface area contributed by atoms with E-state index in [1.807, 2.05) is 35.2 Å². The smallest absolute Gasteiger partial charge is 0.253 e. The molecule has 4 rings (SSSR count). The van der Waals surface area contributed by atoms with Crippen molar-refractivity contribution in [3.63, 3.8) is 0 Å². The summed E-state index contributed by atoms with van der Waals surface area (Å²) in [5.41, 5.74) is 1.02. The van der Waals surface area contributed by atoms with Crippen LogP contribution in [-0.4, -0.2) is 47.8 Å². The lowest BCUT2D eigenvalue weighted by Gasteiger charge is -2.48. The number of benzene rings is 1. The Morgan fingerprint density at radius 1 is 1.08 bits per heavy atom. The van der Waals surface area contributed by atoms with Crippen LogP contribution >= 0.6 is 0 Å². The molecule has 0 aromatic heterocycles. The van der Waals surface area contributed by atoms with Gasteiger partial charge in [0.1, 0.15) is 0 Å². The largest absolute Gasteiger partial charge is 0.342 e. The Kier molecular flexibility index (Phi) is 4.53. The molecule has 4 heteroatoms. The molecular formula is C21H28N2O2. The Labute approximate surface area is 150 Å². The maximum atomic E-state index is 12.6. The van der Waals surface area contributed by atoms with Crippen LogP contribution in [0.15, 0.2) is 30.3 Å². The van der Waals surface area contributed by atoms with Crippen LogP contribution in [0.4, 0.5) is 0 Å². The van der Waals surface area contributed by atoms with E-state index in [2.05, 4.69) is 4.90 Å². The van der Waals surface area contributed by atoms with Gasteiger partial charge in [-0.15, -0.1) is 0 Å². The van der Waals surface area contributed by atoms with Gasteiger partial charge in [-0.2, -0.15) is 0 Å². The Morgan fingerprint density at radius 2 is 1.80 bits per heavy atom. The Balaban J connectivity index is 1.37. The van der Waals surface area contributed by atoms with Crippen molar-refractivity contribution in [1.29, 1.82) is 0 Å². The second-order valence-corrected chi connectivity index (χ2v) is 8.23. The number of carbonyl (C=O) groups excluding carboxylic acids is 2. The Hall–Kier alpha value is -1.84. The first-order valence-electron chi connectivity index (χ1n) is 9.77. The Bertz CT molecular complexity index is 631. The van der Waals surface area contributed by atoms with Crippen LogP contribution in [0.1, 0.15) is 55.3 Å². The summed E-state index contributed by atoms with van der Waals surface area (Å²) in [4.78, 5) is 29.1. The van der Waals surface area contributed by atoms with Crippen LogP contribution in [0.3, 0.4) is 0 Å². The van der Waals surface area contributed by atoms with Crippen molar-refractivity contribution in [3.05, 3.63) is 35.9 Å². The molecule has 1 saturated carbocycles. The molecule has 2 aliphatic heterocycles. The standard InChI is InChI=1S/C21H28N2O2/c24-19-9-10-21(16-23(19)15-17-5-4-6-17)11-13-22(14-12-21)20(25)18-7-2-1-3-8-18/h1-3,7-8,17H,4-6,9-16H2. The van der Waals surface area contributed by atoms with E-state index in [0.29, 0.717) is 12.3 Å². The minimum atomic E-state index is 0.147. The summed E-state index contributed by atoms with van der Waals surface area (Å²) in [6.07, 6.45) is 7.65. The normalized spacial score (nSPS) is 23.6. The van der Waals surface area contributed by atoms with E-state index in [-0.39, 0.29) is 11.3 Å². The predicted molar refractivity (Wildman–Crippen MR) is 97.2 cm³/mol. The fourth-order valence-corrected chi connectivity index (χ4v) is 4.61. The van der Waals surface area contributed by atoms with Crippen LogP contribution < -0.4 is 0 Å². The third kappa shape index (κ3) is 3.44. The first-order valence-corrected chi connectivity index (χ1v) is 9.77. The van der Waals surface area contributed by atoms with Crippen molar-refractivity contribution in [3.8, 4) is 0 Å². The van der Waals surface area contributed by atoms with Crippen molar-refractivity contribution in [1.82, 2.24) is 9.80 Å². The van der Waals surface area contributed by atoms with Crippen LogP contribution in [0, 0.1) is 11.3 Å². The van der Waals surface area contributed by atoms with E-state index in [1.54, 1.807) is 0 Å². The number of piperidine rings is 2. The first kappa shape index (κ1) is 16.6. The minimum Gasteiger partial charge on any atom is -0.342 e. The third-order valence-electron chi connectivity index (χ3n) is 6.58. The van der Waals surface area contributed by atoms with Gasteiger partial charge in [-0.3, -0.25) is 9.59 Å². The van der Waals surface area contributed by atoms with E-state index in [9.17, 15) is 9.59 Å². The average molecular weight is 340 g/mol. The number of carbonyl (C=O) groups is 2. The molecular weight excluding hydrogens is 312 g/mol. The van der Waals surface area contributed by atoms with Gasteiger partial charge >= 0.3 is 0 Å². The molecule has 1 aromatic rings. The summed E-state index contributed by atoms with van der Waals surface area (Å²) < 4.78 is 0. The zero-order valence-electron chi connectivity index (χ0n) is 15.0. The number of hydrogen-bond donors (Lipinski definition) is 0. The van der Waals surface area contributed by atoms with Gasteiger partial charge in [0.2, 0.25) is 5.91 Å². The van der Waals surface area contributed by atoms with Gasteiger partial charge in [0.15, 0.2) is 0 Å². The van der Waals surface area contributed by atoms with Crippen molar-refractivity contribution >= 4 is 11.8 Å².